The Morgan fingerprint density at radius 2 is 1.56 bits per heavy atom. The quantitative estimate of drug-likeness (QED) is 0.397. The van der Waals surface area contributed by atoms with E-state index in [1.165, 1.54) is 23.1 Å². The number of hydrogen-bond donors (Lipinski definition) is 1. The van der Waals surface area contributed by atoms with E-state index in [0.717, 1.165) is 10.6 Å². The maximum atomic E-state index is 13.7. The summed E-state index contributed by atoms with van der Waals surface area (Å²) in [5.74, 6) is -0.964. The van der Waals surface area contributed by atoms with Crippen molar-refractivity contribution in [3.8, 4) is 0 Å². The van der Waals surface area contributed by atoms with Crippen molar-refractivity contribution in [1.29, 1.82) is 0 Å². The van der Waals surface area contributed by atoms with Crippen molar-refractivity contribution in [2.45, 2.75) is 52.2 Å². The highest BCUT2D eigenvalue weighted by Crippen LogP contribution is 2.28. The molecule has 0 saturated heterocycles. The van der Waals surface area contributed by atoms with Crippen LogP contribution in [0.5, 0.6) is 0 Å². The van der Waals surface area contributed by atoms with Gasteiger partial charge in [-0.05, 0) is 63.1 Å². The number of sulfonamides is 1. The predicted molar refractivity (Wildman–Crippen MR) is 148 cm³/mol. The molecule has 0 aliphatic rings. The molecule has 1 N–H and O–H groups in total. The largest absolute Gasteiger partial charge is 0.350 e. The third kappa shape index (κ3) is 8.70. The van der Waals surface area contributed by atoms with Crippen molar-refractivity contribution >= 4 is 73.9 Å². The molecule has 0 unspecified atom stereocenters. The van der Waals surface area contributed by atoms with Crippen LogP contribution in [0.1, 0.15) is 39.7 Å². The molecule has 0 radical (unpaired) electrons. The van der Waals surface area contributed by atoms with E-state index in [1.54, 1.807) is 25.1 Å². The molecule has 7 nitrogen and oxygen atoms in total. The number of amides is 2. The third-order valence-electron chi connectivity index (χ3n) is 5.04. The van der Waals surface area contributed by atoms with E-state index in [0.29, 0.717) is 15.6 Å². The topological polar surface area (TPSA) is 86.8 Å². The summed E-state index contributed by atoms with van der Waals surface area (Å²) < 4.78 is 26.2. The van der Waals surface area contributed by atoms with Crippen molar-refractivity contribution in [3.63, 3.8) is 0 Å². The molecule has 198 valence electrons. The van der Waals surface area contributed by atoms with Gasteiger partial charge in [0.15, 0.2) is 0 Å². The number of anilines is 1. The third-order valence-corrected chi connectivity index (χ3v) is 7.35. The molecule has 12 heteroatoms. The molecule has 0 fully saturated rings. The van der Waals surface area contributed by atoms with Crippen molar-refractivity contribution in [2.24, 2.45) is 0 Å². The Bertz CT molecular complexity index is 1210. The van der Waals surface area contributed by atoms with Gasteiger partial charge in [0.05, 0.1) is 22.0 Å². The predicted octanol–water partition coefficient (Wildman–Crippen LogP) is 5.79. The molecule has 36 heavy (non-hydrogen) atoms. The van der Waals surface area contributed by atoms with Crippen molar-refractivity contribution in [1.82, 2.24) is 10.2 Å². The van der Waals surface area contributed by atoms with E-state index in [9.17, 15) is 18.0 Å². The Hall–Kier alpha value is -1.71. The average molecular weight is 597 g/mol. The van der Waals surface area contributed by atoms with Crippen LogP contribution in [0.15, 0.2) is 36.4 Å². The molecule has 0 aliphatic heterocycles. The van der Waals surface area contributed by atoms with Crippen LogP contribution in [0.3, 0.4) is 0 Å². The minimum Gasteiger partial charge on any atom is -0.350 e. The van der Waals surface area contributed by atoms with Gasteiger partial charge in [-0.15, -0.1) is 0 Å². The van der Waals surface area contributed by atoms with Gasteiger partial charge in [0.2, 0.25) is 21.8 Å². The second kappa shape index (κ2) is 12.2. The Labute approximate surface area is 232 Å². The monoisotopic (exact) mass is 595 g/mol. The van der Waals surface area contributed by atoms with Crippen LogP contribution in [0.4, 0.5) is 5.69 Å². The standard InChI is InChI=1S/C24H29Cl4N3O4S/c1-6-21(23(33)29-24(2,3)4)30(13-15-7-8-19(27)20(28)9-15)22(32)14-31(36(5,34)35)18-11-16(25)10-17(26)12-18/h7-12,21H,6,13-14H2,1-5H3,(H,29,33)/t21-/m0/s1. The number of rotatable bonds is 9. The fourth-order valence-corrected chi connectivity index (χ4v) is 5.17. The molecule has 0 saturated carbocycles. The highest BCUT2D eigenvalue weighted by Gasteiger charge is 2.33. The zero-order chi connectivity index (χ0) is 27.4. The Morgan fingerprint density at radius 1 is 0.972 bits per heavy atom. The van der Waals surface area contributed by atoms with Crippen LogP contribution in [-0.2, 0) is 26.2 Å². The maximum Gasteiger partial charge on any atom is 0.244 e. The van der Waals surface area contributed by atoms with Gasteiger partial charge >= 0.3 is 0 Å². The summed E-state index contributed by atoms with van der Waals surface area (Å²) in [6.07, 6.45) is 1.26. The molecule has 2 aromatic carbocycles. The Morgan fingerprint density at radius 3 is 2.03 bits per heavy atom. The summed E-state index contributed by atoms with van der Waals surface area (Å²) >= 11 is 24.4. The van der Waals surface area contributed by atoms with E-state index < -0.39 is 34.1 Å². The molecule has 0 bridgehead atoms. The summed E-state index contributed by atoms with van der Waals surface area (Å²) in [5.41, 5.74) is 0.209. The first-order valence-corrected chi connectivity index (χ1v) is 14.4. The zero-order valence-corrected chi connectivity index (χ0v) is 24.5. The number of carbonyl (C=O) groups is 2. The second-order valence-corrected chi connectivity index (χ2v) is 12.9. The Balaban J connectivity index is 2.52. The minimum absolute atomic E-state index is 0.000302. The first kappa shape index (κ1) is 30.5. The SMILES string of the molecule is CC[C@@H](C(=O)NC(C)(C)C)N(Cc1ccc(Cl)c(Cl)c1)C(=O)CN(c1cc(Cl)cc(Cl)c1)S(C)(=O)=O. The zero-order valence-electron chi connectivity index (χ0n) is 20.6. The number of halogens is 4. The van der Waals surface area contributed by atoms with Crippen LogP contribution in [0.25, 0.3) is 0 Å². The lowest BCUT2D eigenvalue weighted by atomic mass is 10.1. The summed E-state index contributed by atoms with van der Waals surface area (Å²) in [7, 11) is -3.92. The van der Waals surface area contributed by atoms with Crippen molar-refractivity contribution in [3.05, 3.63) is 62.1 Å². The van der Waals surface area contributed by atoms with Gasteiger partial charge < -0.3 is 10.2 Å². The fraction of sp³-hybridized carbons (Fsp3) is 0.417. The normalized spacial score (nSPS) is 12.7. The summed E-state index contributed by atoms with van der Waals surface area (Å²) in [6.45, 7) is 6.69. The molecular weight excluding hydrogens is 568 g/mol. The van der Waals surface area contributed by atoms with Crippen LogP contribution < -0.4 is 9.62 Å². The van der Waals surface area contributed by atoms with Crippen molar-refractivity contribution in [2.75, 3.05) is 17.1 Å². The molecule has 2 rings (SSSR count). The number of benzene rings is 2. The molecule has 2 aromatic rings. The molecule has 2 amide bonds. The second-order valence-electron chi connectivity index (χ2n) is 9.33. The lowest BCUT2D eigenvalue weighted by Gasteiger charge is -2.34. The van der Waals surface area contributed by atoms with E-state index in [-0.39, 0.29) is 34.6 Å². The van der Waals surface area contributed by atoms with Gasteiger partial charge in [0.1, 0.15) is 12.6 Å². The Kier molecular flexibility index (Phi) is 10.4. The fourth-order valence-electron chi connectivity index (χ4n) is 3.50. The molecule has 0 aromatic heterocycles. The van der Waals surface area contributed by atoms with Gasteiger partial charge in [-0.25, -0.2) is 8.42 Å². The maximum absolute atomic E-state index is 13.7. The molecule has 0 heterocycles. The van der Waals surface area contributed by atoms with Crippen LogP contribution >= 0.6 is 46.4 Å². The van der Waals surface area contributed by atoms with E-state index >= 15 is 0 Å². The summed E-state index contributed by atoms with van der Waals surface area (Å²) in [6, 6.07) is 8.25. The van der Waals surface area contributed by atoms with E-state index in [2.05, 4.69) is 5.32 Å². The average Bonchev–Trinajstić information content (AvgIpc) is 2.71. The highest BCUT2D eigenvalue weighted by atomic mass is 35.5. The highest BCUT2D eigenvalue weighted by molar-refractivity contribution is 7.92. The van der Waals surface area contributed by atoms with Crippen LogP contribution in [-0.4, -0.2) is 49.5 Å². The number of nitrogens with one attached hydrogen (secondary N) is 1. The number of nitrogens with zero attached hydrogens (tertiary/aromatic N) is 2. The smallest absolute Gasteiger partial charge is 0.244 e. The minimum atomic E-state index is -3.92. The molecular formula is C24H29Cl4N3O4S. The molecule has 0 aliphatic carbocycles. The lowest BCUT2D eigenvalue weighted by Crippen LogP contribution is -2.55. The van der Waals surface area contributed by atoms with Crippen molar-refractivity contribution < 1.29 is 18.0 Å². The van der Waals surface area contributed by atoms with E-state index in [1.807, 2.05) is 20.8 Å². The van der Waals surface area contributed by atoms with Gasteiger partial charge in [0, 0.05) is 22.1 Å². The number of carbonyl (C=O) groups excluding carboxylic acids is 2. The number of hydrogen-bond acceptors (Lipinski definition) is 4. The van der Waals surface area contributed by atoms with Gasteiger partial charge in [-0.2, -0.15) is 0 Å². The van der Waals surface area contributed by atoms with Gasteiger partial charge in [0.25, 0.3) is 0 Å². The summed E-state index contributed by atoms with van der Waals surface area (Å²) in [5, 5.41) is 3.95. The van der Waals surface area contributed by atoms with Gasteiger partial charge in [-0.1, -0.05) is 59.4 Å². The summed E-state index contributed by atoms with van der Waals surface area (Å²) in [4.78, 5) is 28.2. The lowest BCUT2D eigenvalue weighted by molar-refractivity contribution is -0.141. The molecule has 0 spiro atoms. The van der Waals surface area contributed by atoms with E-state index in [4.69, 9.17) is 46.4 Å². The molecule has 1 atom stereocenters. The first-order valence-electron chi connectivity index (χ1n) is 11.0. The first-order chi connectivity index (χ1) is 16.5. The van der Waals surface area contributed by atoms with Gasteiger partial charge in [-0.3, -0.25) is 13.9 Å². The van der Waals surface area contributed by atoms with Crippen LogP contribution in [0, 0.1) is 0 Å². The van der Waals surface area contributed by atoms with Crippen LogP contribution in [0.2, 0.25) is 20.1 Å².